The van der Waals surface area contributed by atoms with Gasteiger partial charge in [0.25, 0.3) is 0 Å². The highest BCUT2D eigenvalue weighted by atomic mass is 32.2. The fourth-order valence-electron chi connectivity index (χ4n) is 2.41. The first-order valence-corrected chi connectivity index (χ1v) is 7.39. The smallest absolute Gasteiger partial charge is 0.324 e. The average Bonchev–Trinajstić information content (AvgIpc) is 2.29. The van der Waals surface area contributed by atoms with Gasteiger partial charge in [-0.1, -0.05) is 13.8 Å². The van der Waals surface area contributed by atoms with Gasteiger partial charge in [0.05, 0.1) is 0 Å². The minimum atomic E-state index is -0.624. The molecule has 1 heterocycles. The van der Waals surface area contributed by atoms with Gasteiger partial charge in [0, 0.05) is 5.75 Å². The Kier molecular flexibility index (Phi) is 5.62. The normalized spacial score (nSPS) is 25.9. The van der Waals surface area contributed by atoms with Gasteiger partial charge < -0.3 is 5.11 Å². The van der Waals surface area contributed by atoms with E-state index in [1.807, 2.05) is 0 Å². The van der Waals surface area contributed by atoms with Crippen LogP contribution in [0.3, 0.4) is 0 Å². The Hall–Kier alpha value is -0.220. The van der Waals surface area contributed by atoms with Crippen LogP contribution in [0.1, 0.15) is 39.5 Å². The van der Waals surface area contributed by atoms with Crippen molar-refractivity contribution in [3.8, 4) is 0 Å². The van der Waals surface area contributed by atoms with E-state index in [-0.39, 0.29) is 0 Å². The lowest BCUT2D eigenvalue weighted by Crippen LogP contribution is -2.58. The first-order chi connectivity index (χ1) is 7.67. The summed E-state index contributed by atoms with van der Waals surface area (Å²) in [6.45, 7) is 6.05. The summed E-state index contributed by atoms with van der Waals surface area (Å²) in [6.07, 6.45) is 3.90. The number of hydrogen-bond acceptors (Lipinski definition) is 3. The van der Waals surface area contributed by atoms with Crippen LogP contribution in [0.2, 0.25) is 0 Å². The van der Waals surface area contributed by atoms with Crippen molar-refractivity contribution in [1.29, 1.82) is 0 Å². The molecule has 0 amide bonds. The van der Waals surface area contributed by atoms with Gasteiger partial charge in [0.1, 0.15) is 5.54 Å². The van der Waals surface area contributed by atoms with Crippen molar-refractivity contribution in [2.45, 2.75) is 45.1 Å². The molecule has 94 valence electrons. The number of thioether (sulfide) groups is 1. The summed E-state index contributed by atoms with van der Waals surface area (Å²) in [5.74, 6) is 1.24. The molecule has 0 saturated carbocycles. The van der Waals surface area contributed by atoms with E-state index in [0.29, 0.717) is 0 Å². The molecule has 4 heteroatoms. The van der Waals surface area contributed by atoms with E-state index in [1.165, 1.54) is 0 Å². The van der Waals surface area contributed by atoms with Gasteiger partial charge in [-0.15, -0.1) is 0 Å². The van der Waals surface area contributed by atoms with Crippen molar-refractivity contribution in [1.82, 2.24) is 4.90 Å². The Balaban J connectivity index is 2.82. The molecule has 1 saturated heterocycles. The standard InChI is InChI=1S/C12H23NO2S/c1-3-7-13(8-4-2)12(11(14)15)6-5-9-16-10-12/h3-10H2,1-2H3,(H,14,15). The summed E-state index contributed by atoms with van der Waals surface area (Å²) in [5, 5.41) is 9.56. The Labute approximate surface area is 103 Å². The van der Waals surface area contributed by atoms with Crippen LogP contribution in [-0.4, -0.2) is 46.1 Å². The highest BCUT2D eigenvalue weighted by Gasteiger charge is 2.44. The summed E-state index contributed by atoms with van der Waals surface area (Å²) in [5.41, 5.74) is -0.588. The highest BCUT2D eigenvalue weighted by Crippen LogP contribution is 2.32. The number of rotatable bonds is 6. The summed E-state index contributed by atoms with van der Waals surface area (Å²) in [4.78, 5) is 13.8. The van der Waals surface area contributed by atoms with Crippen LogP contribution in [-0.2, 0) is 4.79 Å². The lowest BCUT2D eigenvalue weighted by molar-refractivity contribution is -0.151. The molecule has 1 rings (SSSR count). The number of aliphatic carboxylic acids is 1. The van der Waals surface area contributed by atoms with E-state index in [4.69, 9.17) is 0 Å². The Bertz CT molecular complexity index is 221. The van der Waals surface area contributed by atoms with Crippen LogP contribution >= 0.6 is 11.8 Å². The minimum Gasteiger partial charge on any atom is -0.480 e. The molecule has 16 heavy (non-hydrogen) atoms. The van der Waals surface area contributed by atoms with Crippen molar-refractivity contribution in [3.63, 3.8) is 0 Å². The fraction of sp³-hybridized carbons (Fsp3) is 0.917. The molecule has 0 aromatic heterocycles. The molecule has 0 aromatic rings. The first kappa shape index (κ1) is 13.8. The first-order valence-electron chi connectivity index (χ1n) is 6.23. The number of carbonyl (C=O) groups is 1. The van der Waals surface area contributed by atoms with Crippen LogP contribution in [0.15, 0.2) is 0 Å². The zero-order chi connectivity index (χ0) is 12.0. The van der Waals surface area contributed by atoms with Crippen molar-refractivity contribution in [2.75, 3.05) is 24.6 Å². The summed E-state index contributed by atoms with van der Waals surface area (Å²) in [6, 6.07) is 0. The second kappa shape index (κ2) is 6.50. The van der Waals surface area contributed by atoms with E-state index in [9.17, 15) is 9.90 Å². The molecule has 0 aromatic carbocycles. The van der Waals surface area contributed by atoms with Crippen LogP contribution in [0, 0.1) is 0 Å². The topological polar surface area (TPSA) is 40.5 Å². The van der Waals surface area contributed by atoms with Crippen molar-refractivity contribution < 1.29 is 9.90 Å². The lowest BCUT2D eigenvalue weighted by Gasteiger charge is -2.42. The number of nitrogens with zero attached hydrogens (tertiary/aromatic N) is 1. The fourth-order valence-corrected chi connectivity index (χ4v) is 3.69. The van der Waals surface area contributed by atoms with Crippen molar-refractivity contribution in [3.05, 3.63) is 0 Å². The van der Waals surface area contributed by atoms with E-state index in [0.717, 1.165) is 50.3 Å². The van der Waals surface area contributed by atoms with Gasteiger partial charge in [0.15, 0.2) is 0 Å². The quantitative estimate of drug-likeness (QED) is 0.780. The second-order valence-electron chi connectivity index (χ2n) is 4.48. The minimum absolute atomic E-state index is 0.588. The monoisotopic (exact) mass is 245 g/mol. The predicted molar refractivity (Wildman–Crippen MR) is 69.1 cm³/mol. The SMILES string of the molecule is CCCN(CCC)C1(C(=O)O)CCCSC1. The highest BCUT2D eigenvalue weighted by molar-refractivity contribution is 7.99. The molecule has 1 aliphatic heterocycles. The third-order valence-electron chi connectivity index (χ3n) is 3.21. The van der Waals surface area contributed by atoms with Crippen molar-refractivity contribution in [2.24, 2.45) is 0 Å². The molecule has 1 unspecified atom stereocenters. The summed E-state index contributed by atoms with van der Waals surface area (Å²) in [7, 11) is 0. The van der Waals surface area contributed by atoms with Crippen LogP contribution in [0.5, 0.6) is 0 Å². The number of carboxylic acids is 1. The molecule has 1 aliphatic rings. The van der Waals surface area contributed by atoms with Gasteiger partial charge in [-0.25, -0.2) is 0 Å². The summed E-state index contributed by atoms with van der Waals surface area (Å²) >= 11 is 1.79. The molecular weight excluding hydrogens is 222 g/mol. The van der Waals surface area contributed by atoms with Crippen molar-refractivity contribution >= 4 is 17.7 Å². The molecule has 1 N–H and O–H groups in total. The van der Waals surface area contributed by atoms with Crippen LogP contribution < -0.4 is 0 Å². The summed E-state index contributed by atoms with van der Waals surface area (Å²) < 4.78 is 0. The maximum Gasteiger partial charge on any atom is 0.324 e. The molecule has 0 bridgehead atoms. The molecule has 1 atom stereocenters. The maximum absolute atomic E-state index is 11.6. The van der Waals surface area contributed by atoms with E-state index >= 15 is 0 Å². The van der Waals surface area contributed by atoms with E-state index in [2.05, 4.69) is 18.7 Å². The van der Waals surface area contributed by atoms with E-state index < -0.39 is 11.5 Å². The van der Waals surface area contributed by atoms with Gasteiger partial charge in [0.2, 0.25) is 0 Å². The molecule has 1 fully saturated rings. The Morgan fingerprint density at radius 1 is 1.38 bits per heavy atom. The number of carboxylic acid groups (broad SMARTS) is 1. The number of hydrogen-bond donors (Lipinski definition) is 1. The zero-order valence-corrected chi connectivity index (χ0v) is 11.2. The maximum atomic E-state index is 11.6. The molecule has 0 spiro atoms. The predicted octanol–water partition coefficient (Wildman–Crippen LogP) is 2.46. The molecule has 0 radical (unpaired) electrons. The van der Waals surface area contributed by atoms with E-state index in [1.54, 1.807) is 11.8 Å². The van der Waals surface area contributed by atoms with Gasteiger partial charge in [-0.2, -0.15) is 11.8 Å². The largest absolute Gasteiger partial charge is 0.480 e. The molecular formula is C12H23NO2S. The third kappa shape index (κ3) is 2.92. The van der Waals surface area contributed by atoms with Crippen LogP contribution in [0.25, 0.3) is 0 Å². The molecule has 3 nitrogen and oxygen atoms in total. The van der Waals surface area contributed by atoms with Crippen LogP contribution in [0.4, 0.5) is 0 Å². The van der Waals surface area contributed by atoms with Gasteiger partial charge in [-0.3, -0.25) is 9.69 Å². The second-order valence-corrected chi connectivity index (χ2v) is 5.59. The third-order valence-corrected chi connectivity index (χ3v) is 4.47. The Morgan fingerprint density at radius 2 is 2.00 bits per heavy atom. The lowest BCUT2D eigenvalue weighted by atomic mass is 9.92. The average molecular weight is 245 g/mol. The molecule has 0 aliphatic carbocycles. The van der Waals surface area contributed by atoms with Gasteiger partial charge in [-0.05, 0) is 44.5 Å². The Morgan fingerprint density at radius 3 is 2.38 bits per heavy atom. The van der Waals surface area contributed by atoms with Gasteiger partial charge >= 0.3 is 5.97 Å². The zero-order valence-electron chi connectivity index (χ0n) is 10.4.